The Morgan fingerprint density at radius 2 is 1.97 bits per heavy atom. The normalized spacial score (nSPS) is 20.4. The minimum absolute atomic E-state index is 0.0679. The number of nitrogens with zero attached hydrogens (tertiary/aromatic N) is 2. The van der Waals surface area contributed by atoms with Gasteiger partial charge < -0.3 is 9.79 Å². The second kappa shape index (κ2) is 10.1. The fourth-order valence-electron chi connectivity index (χ4n) is 3.41. The first kappa shape index (κ1) is 24.8. The van der Waals surface area contributed by atoms with E-state index in [0.29, 0.717) is 5.56 Å². The van der Waals surface area contributed by atoms with E-state index in [4.69, 9.17) is 14.6 Å². The number of thioether (sulfide) groups is 1. The fourth-order valence-corrected chi connectivity index (χ4v) is 5.20. The summed E-state index contributed by atoms with van der Waals surface area (Å²) in [6, 6.07) is 11.0. The molecule has 1 aliphatic carbocycles. The number of rotatable bonds is 9. The molecular formula is C21H22F2N3O6PS. The summed E-state index contributed by atoms with van der Waals surface area (Å²) in [5.74, 6) is -1.38. The second-order valence-electron chi connectivity index (χ2n) is 7.75. The quantitative estimate of drug-likeness (QED) is 0.261. The van der Waals surface area contributed by atoms with Crippen LogP contribution in [0, 0.1) is 11.6 Å². The van der Waals surface area contributed by atoms with Crippen molar-refractivity contribution in [1.82, 2.24) is 10.5 Å². The number of carbonyl (C=O) groups excluding carboxylic acids is 1. The molecule has 0 spiro atoms. The Kier molecular flexibility index (Phi) is 7.36. The Balaban J connectivity index is 1.70. The van der Waals surface area contributed by atoms with Crippen LogP contribution >= 0.6 is 19.6 Å². The number of hydrogen-bond acceptors (Lipinski definition) is 6. The maximum atomic E-state index is 14.6. The molecule has 1 heterocycles. The largest absolute Gasteiger partial charge is 0.469 e. The summed E-state index contributed by atoms with van der Waals surface area (Å²) >= 11 is 1.03. The van der Waals surface area contributed by atoms with Crippen LogP contribution in [0.15, 0.2) is 53.6 Å². The summed E-state index contributed by atoms with van der Waals surface area (Å²) in [6.07, 6.45) is 1.77. The van der Waals surface area contributed by atoms with Crippen molar-refractivity contribution in [3.63, 3.8) is 0 Å². The molecule has 2 aromatic rings. The Labute approximate surface area is 198 Å². The number of hydroxylamine groups is 1. The van der Waals surface area contributed by atoms with Gasteiger partial charge in [0.05, 0.1) is 12.7 Å². The van der Waals surface area contributed by atoms with E-state index < -0.39 is 30.4 Å². The highest BCUT2D eigenvalue weighted by Gasteiger charge is 2.49. The second-order valence-corrected chi connectivity index (χ2v) is 10.3. The molecule has 2 aliphatic rings. The summed E-state index contributed by atoms with van der Waals surface area (Å²) in [6.45, 7) is -0.295. The van der Waals surface area contributed by atoms with Crippen molar-refractivity contribution in [2.24, 2.45) is 5.10 Å². The lowest BCUT2D eigenvalue weighted by Gasteiger charge is -2.35. The number of benzene rings is 2. The number of halogens is 2. The summed E-state index contributed by atoms with van der Waals surface area (Å²) in [7, 11) is -4.68. The van der Waals surface area contributed by atoms with Gasteiger partial charge in [0.25, 0.3) is 0 Å². The van der Waals surface area contributed by atoms with Crippen molar-refractivity contribution in [3.8, 4) is 0 Å². The SMILES string of the molecule is O=C(NOC1CC1)N1N=C(c2cc(F)ccc2F)SC1(CCCOP(=O)(O)O)c1ccccc1. The summed E-state index contributed by atoms with van der Waals surface area (Å²) < 4.78 is 44.2. The predicted octanol–water partition coefficient (Wildman–Crippen LogP) is 4.22. The van der Waals surface area contributed by atoms with Gasteiger partial charge >= 0.3 is 13.9 Å². The van der Waals surface area contributed by atoms with E-state index in [9.17, 15) is 18.1 Å². The Morgan fingerprint density at radius 3 is 2.65 bits per heavy atom. The molecule has 0 radical (unpaired) electrons. The van der Waals surface area contributed by atoms with Gasteiger partial charge in [0, 0.05) is 5.56 Å². The van der Waals surface area contributed by atoms with Gasteiger partial charge in [0.15, 0.2) is 0 Å². The molecule has 0 saturated heterocycles. The van der Waals surface area contributed by atoms with Gasteiger partial charge in [-0.25, -0.2) is 23.6 Å². The lowest BCUT2D eigenvalue weighted by Crippen LogP contribution is -2.46. The third-order valence-corrected chi connectivity index (χ3v) is 7.10. The first-order chi connectivity index (χ1) is 16.2. The zero-order chi connectivity index (χ0) is 24.3. The number of phosphoric acid groups is 1. The molecule has 1 fully saturated rings. The number of urea groups is 1. The van der Waals surface area contributed by atoms with Gasteiger partial charge in [0.2, 0.25) is 0 Å². The van der Waals surface area contributed by atoms with E-state index in [-0.39, 0.29) is 36.2 Å². The number of carbonyl (C=O) groups is 1. The Morgan fingerprint density at radius 1 is 1.24 bits per heavy atom. The number of hydrogen-bond donors (Lipinski definition) is 3. The molecule has 1 aliphatic heterocycles. The van der Waals surface area contributed by atoms with Gasteiger partial charge in [-0.15, -0.1) is 0 Å². The van der Waals surface area contributed by atoms with E-state index in [1.165, 1.54) is 0 Å². The summed E-state index contributed by atoms with van der Waals surface area (Å²) in [4.78, 5) is 35.2. The highest BCUT2D eigenvalue weighted by Crippen LogP contribution is 2.51. The maximum absolute atomic E-state index is 14.6. The molecule has 2 amide bonds. The molecule has 0 aromatic heterocycles. The van der Waals surface area contributed by atoms with Gasteiger partial charge in [-0.1, -0.05) is 42.1 Å². The lowest BCUT2D eigenvalue weighted by atomic mass is 10.0. The molecule has 0 bridgehead atoms. The maximum Gasteiger partial charge on any atom is 0.469 e. The lowest BCUT2D eigenvalue weighted by molar-refractivity contribution is 0.0282. The molecule has 1 unspecified atom stereocenters. The van der Waals surface area contributed by atoms with Crippen LogP contribution in [0.5, 0.6) is 0 Å². The molecule has 1 atom stereocenters. The van der Waals surface area contributed by atoms with Crippen LogP contribution in [-0.4, -0.2) is 38.6 Å². The minimum Gasteiger partial charge on any atom is -0.303 e. The minimum atomic E-state index is -4.68. The van der Waals surface area contributed by atoms with E-state index >= 15 is 0 Å². The molecule has 9 nitrogen and oxygen atoms in total. The van der Waals surface area contributed by atoms with E-state index in [1.807, 2.05) is 0 Å². The first-order valence-corrected chi connectivity index (χ1v) is 12.8. The molecule has 1 saturated carbocycles. The molecule has 4 rings (SSSR count). The summed E-state index contributed by atoms with van der Waals surface area (Å²) in [5, 5.41) is 5.51. The topological polar surface area (TPSA) is 121 Å². The van der Waals surface area contributed by atoms with Crippen molar-refractivity contribution in [3.05, 3.63) is 71.3 Å². The zero-order valence-corrected chi connectivity index (χ0v) is 19.5. The highest BCUT2D eigenvalue weighted by atomic mass is 32.2. The Hall–Kier alpha value is -2.34. The van der Waals surface area contributed by atoms with Gasteiger partial charge in [-0.3, -0.25) is 9.36 Å². The van der Waals surface area contributed by atoms with Crippen molar-refractivity contribution in [1.29, 1.82) is 0 Å². The van der Waals surface area contributed by atoms with E-state index in [0.717, 1.165) is 47.8 Å². The number of phosphoric ester groups is 1. The highest BCUT2D eigenvalue weighted by molar-refractivity contribution is 8.15. The van der Waals surface area contributed by atoms with Crippen LogP contribution in [0.3, 0.4) is 0 Å². The van der Waals surface area contributed by atoms with Crippen molar-refractivity contribution < 1.29 is 37.3 Å². The third kappa shape index (κ3) is 5.83. The molecule has 2 aromatic carbocycles. The van der Waals surface area contributed by atoms with Crippen molar-refractivity contribution >= 4 is 30.7 Å². The smallest absolute Gasteiger partial charge is 0.303 e. The first-order valence-electron chi connectivity index (χ1n) is 10.4. The van der Waals surface area contributed by atoms with Crippen LogP contribution in [-0.2, 0) is 18.8 Å². The molecule has 34 heavy (non-hydrogen) atoms. The van der Waals surface area contributed by atoms with Crippen molar-refractivity contribution in [2.45, 2.75) is 36.7 Å². The number of amides is 2. The van der Waals surface area contributed by atoms with E-state index in [2.05, 4.69) is 15.1 Å². The average molecular weight is 513 g/mol. The third-order valence-electron chi connectivity index (χ3n) is 5.13. The zero-order valence-electron chi connectivity index (χ0n) is 17.8. The Bertz CT molecular complexity index is 1130. The average Bonchev–Trinajstić information content (AvgIpc) is 3.55. The fraction of sp³-hybridized carbons (Fsp3) is 0.333. The standard InChI is InChI=1S/C21H22F2N3O6PS/c22-15-7-10-18(23)17(13-15)19-24-26(20(27)25-32-16-8-9-16)21(34-19,14-5-2-1-3-6-14)11-4-12-31-33(28,29)30/h1-3,5-7,10,13,16H,4,8-9,11-12H2,(H,25,27)(H2,28,29,30). The van der Waals surface area contributed by atoms with Gasteiger partial charge in [-0.2, -0.15) is 10.1 Å². The van der Waals surface area contributed by atoms with Crippen LogP contribution in [0.25, 0.3) is 0 Å². The van der Waals surface area contributed by atoms with Gasteiger partial charge in [-0.05, 0) is 49.4 Å². The predicted molar refractivity (Wildman–Crippen MR) is 120 cm³/mol. The molecular weight excluding hydrogens is 491 g/mol. The molecule has 3 N–H and O–H groups in total. The monoisotopic (exact) mass is 513 g/mol. The van der Waals surface area contributed by atoms with Crippen molar-refractivity contribution in [2.75, 3.05) is 6.61 Å². The van der Waals surface area contributed by atoms with E-state index in [1.54, 1.807) is 30.3 Å². The number of nitrogens with one attached hydrogen (secondary N) is 1. The van der Waals surface area contributed by atoms with Gasteiger partial charge in [0.1, 0.15) is 21.5 Å². The molecule has 13 heteroatoms. The van der Waals surface area contributed by atoms with Crippen LogP contribution in [0.4, 0.5) is 13.6 Å². The van der Waals surface area contributed by atoms with Crippen LogP contribution in [0.2, 0.25) is 0 Å². The summed E-state index contributed by atoms with van der Waals surface area (Å²) in [5.41, 5.74) is 2.87. The number of hydrazone groups is 1. The molecule has 182 valence electrons. The van der Waals surface area contributed by atoms with Crippen LogP contribution in [0.1, 0.15) is 36.8 Å². The van der Waals surface area contributed by atoms with Crippen LogP contribution < -0.4 is 5.48 Å².